The zero-order chi connectivity index (χ0) is 14.5. The zero-order valence-corrected chi connectivity index (χ0v) is 13.1. The number of hydrogen-bond donors (Lipinski definition) is 1. The summed E-state index contributed by atoms with van der Waals surface area (Å²) >= 11 is 12.3. The number of nitrogens with one attached hydrogen (secondary N) is 1. The molecule has 0 aliphatic carbocycles. The molecule has 20 heavy (non-hydrogen) atoms. The summed E-state index contributed by atoms with van der Waals surface area (Å²) in [5, 5.41) is 4.70. The van der Waals surface area contributed by atoms with Crippen LogP contribution in [0.1, 0.15) is 18.1 Å². The van der Waals surface area contributed by atoms with Crippen molar-refractivity contribution in [3.63, 3.8) is 0 Å². The van der Waals surface area contributed by atoms with Crippen LogP contribution < -0.4 is 10.1 Å². The van der Waals surface area contributed by atoms with Crippen molar-refractivity contribution < 1.29 is 4.74 Å². The van der Waals surface area contributed by atoms with Gasteiger partial charge in [0.15, 0.2) is 0 Å². The molecule has 0 fully saturated rings. The lowest BCUT2D eigenvalue weighted by molar-refractivity contribution is 0.473. The van der Waals surface area contributed by atoms with Crippen molar-refractivity contribution in [2.45, 2.75) is 20.4 Å². The molecule has 0 aromatic heterocycles. The van der Waals surface area contributed by atoms with Crippen LogP contribution in [0.5, 0.6) is 11.5 Å². The first kappa shape index (κ1) is 15.2. The standard InChI is InChI=1S/C16H17Cl2NO/c1-3-19-10-13-15(18)5-4-6-16(13)20-12-7-8-14(17)11(2)9-12/h4-9,19H,3,10H2,1-2H3. The van der Waals surface area contributed by atoms with Crippen LogP contribution in [0.25, 0.3) is 0 Å². The van der Waals surface area contributed by atoms with Crippen molar-refractivity contribution in [1.29, 1.82) is 0 Å². The van der Waals surface area contributed by atoms with Crippen LogP contribution in [-0.4, -0.2) is 6.54 Å². The molecule has 2 rings (SSSR count). The molecular weight excluding hydrogens is 293 g/mol. The Hall–Kier alpha value is -1.22. The summed E-state index contributed by atoms with van der Waals surface area (Å²) in [6.45, 7) is 5.56. The normalized spacial score (nSPS) is 10.6. The molecule has 0 bridgehead atoms. The lowest BCUT2D eigenvalue weighted by Gasteiger charge is -2.13. The average molecular weight is 310 g/mol. The van der Waals surface area contributed by atoms with Gasteiger partial charge >= 0.3 is 0 Å². The van der Waals surface area contributed by atoms with Gasteiger partial charge in [0, 0.05) is 22.2 Å². The lowest BCUT2D eigenvalue weighted by atomic mass is 10.2. The van der Waals surface area contributed by atoms with Crippen molar-refractivity contribution in [2.75, 3.05) is 6.54 Å². The molecule has 0 spiro atoms. The zero-order valence-electron chi connectivity index (χ0n) is 11.5. The summed E-state index contributed by atoms with van der Waals surface area (Å²) < 4.78 is 5.94. The van der Waals surface area contributed by atoms with Crippen molar-refractivity contribution in [3.05, 3.63) is 57.6 Å². The SMILES string of the molecule is CCNCc1c(Cl)cccc1Oc1ccc(Cl)c(C)c1. The smallest absolute Gasteiger partial charge is 0.133 e. The highest BCUT2D eigenvalue weighted by Gasteiger charge is 2.09. The lowest BCUT2D eigenvalue weighted by Crippen LogP contribution is -2.12. The quantitative estimate of drug-likeness (QED) is 0.819. The molecule has 0 unspecified atom stereocenters. The Bertz CT molecular complexity index is 599. The van der Waals surface area contributed by atoms with E-state index in [0.29, 0.717) is 11.6 Å². The van der Waals surface area contributed by atoms with Gasteiger partial charge in [0.1, 0.15) is 11.5 Å². The molecule has 0 atom stereocenters. The number of benzene rings is 2. The monoisotopic (exact) mass is 309 g/mol. The molecule has 0 heterocycles. The van der Waals surface area contributed by atoms with E-state index in [0.717, 1.165) is 34.2 Å². The predicted molar refractivity (Wildman–Crippen MR) is 85.1 cm³/mol. The maximum Gasteiger partial charge on any atom is 0.133 e. The minimum absolute atomic E-state index is 0.679. The van der Waals surface area contributed by atoms with Crippen LogP contribution in [0.4, 0.5) is 0 Å². The number of halogens is 2. The molecular formula is C16H17Cl2NO. The molecule has 106 valence electrons. The van der Waals surface area contributed by atoms with Crippen LogP contribution in [0.3, 0.4) is 0 Å². The van der Waals surface area contributed by atoms with E-state index in [1.807, 2.05) is 43.3 Å². The van der Waals surface area contributed by atoms with Crippen LogP contribution in [-0.2, 0) is 6.54 Å². The third-order valence-electron chi connectivity index (χ3n) is 2.98. The summed E-state index contributed by atoms with van der Waals surface area (Å²) in [6.07, 6.45) is 0. The summed E-state index contributed by atoms with van der Waals surface area (Å²) in [7, 11) is 0. The predicted octanol–water partition coefficient (Wildman–Crippen LogP) is 5.20. The minimum Gasteiger partial charge on any atom is -0.457 e. The molecule has 0 saturated carbocycles. The van der Waals surface area contributed by atoms with Crippen molar-refractivity contribution in [3.8, 4) is 11.5 Å². The van der Waals surface area contributed by atoms with Gasteiger partial charge in [0.2, 0.25) is 0 Å². The molecule has 1 N–H and O–H groups in total. The van der Waals surface area contributed by atoms with Gasteiger partial charge in [-0.15, -0.1) is 0 Å². The Morgan fingerprint density at radius 3 is 2.60 bits per heavy atom. The van der Waals surface area contributed by atoms with Crippen molar-refractivity contribution in [1.82, 2.24) is 5.32 Å². The first-order valence-corrected chi connectivity index (χ1v) is 7.29. The molecule has 4 heteroatoms. The summed E-state index contributed by atoms with van der Waals surface area (Å²) in [5.74, 6) is 1.52. The van der Waals surface area contributed by atoms with E-state index in [1.54, 1.807) is 0 Å². The fraction of sp³-hybridized carbons (Fsp3) is 0.250. The molecule has 0 amide bonds. The number of rotatable bonds is 5. The number of hydrogen-bond acceptors (Lipinski definition) is 2. The van der Waals surface area contributed by atoms with Crippen LogP contribution in [0.15, 0.2) is 36.4 Å². The molecule has 2 aromatic rings. The first-order valence-electron chi connectivity index (χ1n) is 6.54. The highest BCUT2D eigenvalue weighted by molar-refractivity contribution is 6.31. The Balaban J connectivity index is 2.28. The molecule has 0 saturated heterocycles. The summed E-state index contributed by atoms with van der Waals surface area (Å²) in [5.41, 5.74) is 1.95. The third-order valence-corrected chi connectivity index (χ3v) is 3.76. The second-order valence-corrected chi connectivity index (χ2v) is 5.32. The van der Waals surface area contributed by atoms with E-state index < -0.39 is 0 Å². The van der Waals surface area contributed by atoms with Crippen molar-refractivity contribution in [2.24, 2.45) is 0 Å². The number of aryl methyl sites for hydroxylation is 1. The fourth-order valence-electron chi connectivity index (χ4n) is 1.86. The molecule has 0 radical (unpaired) electrons. The molecule has 2 nitrogen and oxygen atoms in total. The van der Waals surface area contributed by atoms with Gasteiger partial charge in [-0.05, 0) is 49.4 Å². The van der Waals surface area contributed by atoms with Gasteiger partial charge in [-0.1, -0.05) is 36.2 Å². The Labute approximate surface area is 129 Å². The molecule has 0 aliphatic rings. The Kier molecular flexibility index (Phi) is 5.30. The maximum absolute atomic E-state index is 6.25. The van der Waals surface area contributed by atoms with Crippen molar-refractivity contribution >= 4 is 23.2 Å². The van der Waals surface area contributed by atoms with Crippen LogP contribution in [0, 0.1) is 6.92 Å². The van der Waals surface area contributed by atoms with E-state index >= 15 is 0 Å². The van der Waals surface area contributed by atoms with E-state index in [-0.39, 0.29) is 0 Å². The van der Waals surface area contributed by atoms with Gasteiger partial charge in [0.25, 0.3) is 0 Å². The van der Waals surface area contributed by atoms with Gasteiger partial charge in [-0.3, -0.25) is 0 Å². The summed E-state index contributed by atoms with van der Waals surface area (Å²) in [6, 6.07) is 11.3. The summed E-state index contributed by atoms with van der Waals surface area (Å²) in [4.78, 5) is 0. The largest absolute Gasteiger partial charge is 0.457 e. The average Bonchev–Trinajstić information content (AvgIpc) is 2.42. The Morgan fingerprint density at radius 1 is 1.10 bits per heavy atom. The van der Waals surface area contributed by atoms with E-state index in [9.17, 15) is 0 Å². The third kappa shape index (κ3) is 3.66. The van der Waals surface area contributed by atoms with E-state index in [4.69, 9.17) is 27.9 Å². The highest BCUT2D eigenvalue weighted by Crippen LogP contribution is 2.31. The minimum atomic E-state index is 0.679. The second-order valence-electron chi connectivity index (χ2n) is 4.51. The van der Waals surface area contributed by atoms with Gasteiger partial charge in [-0.25, -0.2) is 0 Å². The highest BCUT2D eigenvalue weighted by atomic mass is 35.5. The number of ether oxygens (including phenoxy) is 1. The van der Waals surface area contributed by atoms with Crippen LogP contribution >= 0.6 is 23.2 Å². The molecule has 0 aliphatic heterocycles. The topological polar surface area (TPSA) is 21.3 Å². The maximum atomic E-state index is 6.25. The first-order chi connectivity index (χ1) is 9.61. The van der Waals surface area contributed by atoms with Gasteiger partial charge in [-0.2, -0.15) is 0 Å². The molecule has 2 aromatic carbocycles. The van der Waals surface area contributed by atoms with Crippen LogP contribution in [0.2, 0.25) is 10.0 Å². The second kappa shape index (κ2) is 6.98. The van der Waals surface area contributed by atoms with Gasteiger partial charge in [0.05, 0.1) is 0 Å². The fourth-order valence-corrected chi connectivity index (χ4v) is 2.21. The van der Waals surface area contributed by atoms with E-state index in [1.165, 1.54) is 0 Å². The van der Waals surface area contributed by atoms with Gasteiger partial charge < -0.3 is 10.1 Å². The van der Waals surface area contributed by atoms with E-state index in [2.05, 4.69) is 12.2 Å². The Morgan fingerprint density at radius 2 is 1.90 bits per heavy atom.